The largest absolute Gasteiger partial charge is 0.384 e. The number of hydrogen-bond donors (Lipinski definition) is 1. The van der Waals surface area contributed by atoms with E-state index in [9.17, 15) is 0 Å². The van der Waals surface area contributed by atoms with Gasteiger partial charge in [-0.25, -0.2) is 4.98 Å². The maximum atomic E-state index is 8.97. The number of hydrogen-bond acceptors (Lipinski definition) is 3. The van der Waals surface area contributed by atoms with Crippen LogP contribution in [0.25, 0.3) is 22.2 Å². The zero-order valence-electron chi connectivity index (χ0n) is 12.4. The van der Waals surface area contributed by atoms with Crippen molar-refractivity contribution >= 4 is 28.2 Å². The third-order valence-electron chi connectivity index (χ3n) is 4.24. The van der Waals surface area contributed by atoms with Gasteiger partial charge < -0.3 is 5.32 Å². The van der Waals surface area contributed by atoms with Crippen LogP contribution < -0.4 is 5.32 Å². The number of nitriles is 1. The highest BCUT2D eigenvalue weighted by molar-refractivity contribution is 6.31. The van der Waals surface area contributed by atoms with Crippen LogP contribution in [-0.2, 0) is 6.42 Å². The zero-order valence-corrected chi connectivity index (χ0v) is 13.2. The molecule has 0 aliphatic carbocycles. The number of aromatic nitrogens is 1. The van der Waals surface area contributed by atoms with Gasteiger partial charge in [0.05, 0.1) is 22.8 Å². The van der Waals surface area contributed by atoms with E-state index in [1.54, 1.807) is 0 Å². The average molecular weight is 320 g/mol. The molecular formula is C19H14ClN3. The number of fused-ring (bicyclic) bond motifs is 3. The number of halogens is 1. The van der Waals surface area contributed by atoms with Crippen molar-refractivity contribution in [3.05, 3.63) is 58.6 Å². The second-order valence-electron chi connectivity index (χ2n) is 5.69. The topological polar surface area (TPSA) is 48.7 Å². The predicted octanol–water partition coefficient (Wildman–Crippen LogP) is 4.78. The quantitative estimate of drug-likeness (QED) is 0.702. The first-order valence-electron chi connectivity index (χ1n) is 7.63. The highest BCUT2D eigenvalue weighted by atomic mass is 35.5. The first-order chi connectivity index (χ1) is 11.3. The van der Waals surface area contributed by atoms with E-state index in [-0.39, 0.29) is 0 Å². The van der Waals surface area contributed by atoms with E-state index in [1.807, 2.05) is 42.5 Å². The molecule has 3 nitrogen and oxygen atoms in total. The lowest BCUT2D eigenvalue weighted by Gasteiger charge is -2.23. The minimum absolute atomic E-state index is 0.657. The Kier molecular flexibility index (Phi) is 3.40. The van der Waals surface area contributed by atoms with E-state index in [4.69, 9.17) is 21.8 Å². The Bertz CT molecular complexity index is 939. The van der Waals surface area contributed by atoms with Crippen LogP contribution in [0.2, 0.25) is 5.02 Å². The summed E-state index contributed by atoms with van der Waals surface area (Å²) in [5, 5.41) is 14.3. The lowest BCUT2D eigenvalue weighted by Crippen LogP contribution is -2.14. The van der Waals surface area contributed by atoms with Gasteiger partial charge in [0.2, 0.25) is 0 Å². The highest BCUT2D eigenvalue weighted by Crippen LogP contribution is 2.37. The minimum atomic E-state index is 0.657. The van der Waals surface area contributed by atoms with Crippen LogP contribution in [0.3, 0.4) is 0 Å². The zero-order chi connectivity index (χ0) is 15.8. The van der Waals surface area contributed by atoms with Gasteiger partial charge in [-0.1, -0.05) is 23.7 Å². The Morgan fingerprint density at radius 2 is 1.96 bits per heavy atom. The molecule has 1 aromatic heterocycles. The smallest absolute Gasteiger partial charge is 0.0991 e. The molecule has 4 heteroatoms. The van der Waals surface area contributed by atoms with E-state index in [0.717, 1.165) is 47.2 Å². The molecule has 2 heterocycles. The lowest BCUT2D eigenvalue weighted by molar-refractivity contribution is 0.831. The van der Waals surface area contributed by atoms with Crippen molar-refractivity contribution in [3.63, 3.8) is 0 Å². The summed E-state index contributed by atoms with van der Waals surface area (Å²) in [6.07, 6.45) is 2.10. The van der Waals surface area contributed by atoms with Gasteiger partial charge in [-0.3, -0.25) is 0 Å². The number of anilines is 1. The van der Waals surface area contributed by atoms with Crippen molar-refractivity contribution in [2.24, 2.45) is 0 Å². The molecule has 0 radical (unpaired) electrons. The number of rotatable bonds is 1. The molecule has 0 bridgehead atoms. The van der Waals surface area contributed by atoms with Crippen LogP contribution in [0.1, 0.15) is 17.5 Å². The van der Waals surface area contributed by atoms with Gasteiger partial charge >= 0.3 is 0 Å². The molecule has 4 rings (SSSR count). The molecule has 0 saturated carbocycles. The van der Waals surface area contributed by atoms with Crippen molar-refractivity contribution in [2.45, 2.75) is 12.8 Å². The van der Waals surface area contributed by atoms with E-state index >= 15 is 0 Å². The SMILES string of the molecule is N#Cc1ccc(-c2nc3cc(Cl)ccc3c3c2CCCN3)cc1. The summed E-state index contributed by atoms with van der Waals surface area (Å²) in [5.41, 5.74) is 5.97. The fraction of sp³-hybridized carbons (Fsp3) is 0.158. The first-order valence-corrected chi connectivity index (χ1v) is 8.00. The number of nitrogens with one attached hydrogen (secondary N) is 1. The van der Waals surface area contributed by atoms with Gasteiger partial charge in [0, 0.05) is 33.8 Å². The van der Waals surface area contributed by atoms with Crippen molar-refractivity contribution < 1.29 is 0 Å². The van der Waals surface area contributed by atoms with Crippen LogP contribution in [0.4, 0.5) is 5.69 Å². The summed E-state index contributed by atoms with van der Waals surface area (Å²) in [6.45, 7) is 0.974. The van der Waals surface area contributed by atoms with Crippen molar-refractivity contribution in [2.75, 3.05) is 11.9 Å². The second kappa shape index (κ2) is 5.57. The van der Waals surface area contributed by atoms with Crippen LogP contribution in [0.5, 0.6) is 0 Å². The molecule has 0 fully saturated rings. The van der Waals surface area contributed by atoms with Gasteiger partial charge in [0.1, 0.15) is 0 Å². The van der Waals surface area contributed by atoms with E-state index in [2.05, 4.69) is 11.4 Å². The summed E-state index contributed by atoms with van der Waals surface area (Å²) >= 11 is 6.14. The third kappa shape index (κ3) is 2.42. The molecule has 23 heavy (non-hydrogen) atoms. The Balaban J connectivity index is 1.99. The van der Waals surface area contributed by atoms with Crippen LogP contribution in [-0.4, -0.2) is 11.5 Å². The standard InChI is InChI=1S/C19H14ClN3/c20-14-7-8-15-17(10-14)23-18(16-2-1-9-22-19(15)16)13-5-3-12(11-21)4-6-13/h3-8,10,22H,1-2,9H2. The van der Waals surface area contributed by atoms with Gasteiger partial charge in [-0.05, 0) is 43.2 Å². The monoisotopic (exact) mass is 319 g/mol. The molecule has 1 N–H and O–H groups in total. The summed E-state index contributed by atoms with van der Waals surface area (Å²) < 4.78 is 0. The minimum Gasteiger partial charge on any atom is -0.384 e. The van der Waals surface area contributed by atoms with E-state index in [1.165, 1.54) is 5.56 Å². The summed E-state index contributed by atoms with van der Waals surface area (Å²) in [5.74, 6) is 0. The Morgan fingerprint density at radius 1 is 1.13 bits per heavy atom. The fourth-order valence-electron chi connectivity index (χ4n) is 3.14. The molecule has 0 amide bonds. The van der Waals surface area contributed by atoms with E-state index in [0.29, 0.717) is 10.6 Å². The summed E-state index contributed by atoms with van der Waals surface area (Å²) in [4.78, 5) is 4.87. The normalized spacial score (nSPS) is 13.2. The van der Waals surface area contributed by atoms with Gasteiger partial charge in [-0.2, -0.15) is 5.26 Å². The molecular weight excluding hydrogens is 306 g/mol. The van der Waals surface area contributed by atoms with Crippen molar-refractivity contribution in [1.29, 1.82) is 5.26 Å². The predicted molar refractivity (Wildman–Crippen MR) is 93.7 cm³/mol. The maximum Gasteiger partial charge on any atom is 0.0991 e. The molecule has 2 aromatic carbocycles. The van der Waals surface area contributed by atoms with Crippen LogP contribution in [0.15, 0.2) is 42.5 Å². The molecule has 112 valence electrons. The van der Waals surface area contributed by atoms with Gasteiger partial charge in [0.25, 0.3) is 0 Å². The van der Waals surface area contributed by atoms with Gasteiger partial charge in [-0.15, -0.1) is 0 Å². The third-order valence-corrected chi connectivity index (χ3v) is 4.48. The fourth-order valence-corrected chi connectivity index (χ4v) is 3.31. The highest BCUT2D eigenvalue weighted by Gasteiger charge is 2.19. The molecule has 3 aromatic rings. The Hall–Kier alpha value is -2.57. The number of pyridine rings is 1. The number of benzene rings is 2. The molecule has 0 atom stereocenters. The summed E-state index contributed by atoms with van der Waals surface area (Å²) in [6, 6.07) is 15.6. The maximum absolute atomic E-state index is 8.97. The van der Waals surface area contributed by atoms with Gasteiger partial charge in [0.15, 0.2) is 0 Å². The van der Waals surface area contributed by atoms with Crippen molar-refractivity contribution in [3.8, 4) is 17.3 Å². The average Bonchev–Trinajstić information content (AvgIpc) is 2.61. The molecule has 0 saturated heterocycles. The molecule has 0 spiro atoms. The summed E-state index contributed by atoms with van der Waals surface area (Å²) in [7, 11) is 0. The van der Waals surface area contributed by atoms with Crippen LogP contribution >= 0.6 is 11.6 Å². The molecule has 0 unspecified atom stereocenters. The lowest BCUT2D eigenvalue weighted by atomic mass is 9.94. The second-order valence-corrected chi connectivity index (χ2v) is 6.13. The first kappa shape index (κ1) is 14.0. The van der Waals surface area contributed by atoms with Crippen molar-refractivity contribution in [1.82, 2.24) is 4.98 Å². The molecule has 1 aliphatic heterocycles. The Labute approximate surface area is 139 Å². The van der Waals surface area contributed by atoms with Crippen LogP contribution in [0, 0.1) is 11.3 Å². The molecule has 1 aliphatic rings. The Morgan fingerprint density at radius 3 is 2.74 bits per heavy atom. The van der Waals surface area contributed by atoms with E-state index < -0.39 is 0 Å². The number of nitrogens with zero attached hydrogens (tertiary/aromatic N) is 2.